The van der Waals surface area contributed by atoms with E-state index in [4.69, 9.17) is 4.98 Å². The Kier molecular flexibility index (Phi) is 4.22. The smallest absolute Gasteiger partial charge is 0.256 e. The minimum absolute atomic E-state index is 0.134. The summed E-state index contributed by atoms with van der Waals surface area (Å²) in [5, 5.41) is 12.6. The maximum absolute atomic E-state index is 13.0. The van der Waals surface area contributed by atoms with Crippen LogP contribution in [0.1, 0.15) is 60.3 Å². The molecule has 26 heavy (non-hydrogen) atoms. The van der Waals surface area contributed by atoms with E-state index < -0.39 is 0 Å². The summed E-state index contributed by atoms with van der Waals surface area (Å²) < 4.78 is 3.63. The Balaban J connectivity index is 1.78. The Morgan fingerprint density at radius 2 is 2.19 bits per heavy atom. The van der Waals surface area contributed by atoms with Crippen LogP contribution in [-0.4, -0.2) is 30.5 Å². The van der Waals surface area contributed by atoms with Gasteiger partial charge in [0.05, 0.1) is 28.5 Å². The van der Waals surface area contributed by atoms with Crippen LogP contribution in [0.3, 0.4) is 0 Å². The van der Waals surface area contributed by atoms with Crippen LogP contribution in [0.4, 0.5) is 5.69 Å². The molecule has 0 saturated heterocycles. The molecule has 1 fully saturated rings. The minimum Gasteiger partial charge on any atom is -0.319 e. The average Bonchev–Trinajstić information content (AvgIpc) is 3.33. The summed E-state index contributed by atoms with van der Waals surface area (Å²) in [5.41, 5.74) is 4.03. The monoisotopic (exact) mass is 352 g/mol. The van der Waals surface area contributed by atoms with E-state index in [1.165, 1.54) is 0 Å². The number of hydrogen-bond donors (Lipinski definition) is 1. The maximum Gasteiger partial charge on any atom is 0.256 e. The fraction of sp³-hybridized carbons (Fsp3) is 0.474. The van der Waals surface area contributed by atoms with Gasteiger partial charge in [0.25, 0.3) is 5.91 Å². The zero-order valence-corrected chi connectivity index (χ0v) is 15.5. The van der Waals surface area contributed by atoms with Crippen molar-refractivity contribution >= 4 is 22.6 Å². The number of rotatable bonds is 6. The van der Waals surface area contributed by atoms with Gasteiger partial charge in [-0.15, -0.1) is 0 Å². The van der Waals surface area contributed by atoms with Crippen LogP contribution < -0.4 is 5.32 Å². The van der Waals surface area contributed by atoms with Crippen LogP contribution in [0.5, 0.6) is 0 Å². The number of nitrogens with one attached hydrogen (secondary N) is 1. The molecule has 7 nitrogen and oxygen atoms in total. The van der Waals surface area contributed by atoms with Crippen molar-refractivity contribution < 1.29 is 4.79 Å². The van der Waals surface area contributed by atoms with Crippen LogP contribution in [0.15, 0.2) is 18.5 Å². The van der Waals surface area contributed by atoms with Crippen LogP contribution in [0.25, 0.3) is 11.0 Å². The fourth-order valence-corrected chi connectivity index (χ4v) is 3.29. The number of carbonyl (C=O) groups is 1. The normalized spacial score (nSPS) is 14.1. The van der Waals surface area contributed by atoms with Gasteiger partial charge < -0.3 is 5.32 Å². The average molecular weight is 352 g/mol. The van der Waals surface area contributed by atoms with Crippen LogP contribution in [-0.2, 0) is 13.6 Å². The maximum atomic E-state index is 13.0. The molecule has 1 saturated carbocycles. The Morgan fingerprint density at radius 1 is 1.38 bits per heavy atom. The highest BCUT2D eigenvalue weighted by Gasteiger charge is 2.28. The Labute approximate surface area is 152 Å². The SMILES string of the molecule is CCCCn1nc(C)c2c(C(=O)Nc3cnn(C)c3)cc(C3CC3)nc21. The van der Waals surface area contributed by atoms with Crippen LogP contribution >= 0.6 is 0 Å². The van der Waals surface area contributed by atoms with Gasteiger partial charge in [0.1, 0.15) is 0 Å². The van der Waals surface area contributed by atoms with Gasteiger partial charge in [-0.1, -0.05) is 13.3 Å². The molecular formula is C19H24N6O. The highest BCUT2D eigenvalue weighted by Crippen LogP contribution is 2.40. The Bertz CT molecular complexity index is 966. The molecule has 0 bridgehead atoms. The van der Waals surface area contributed by atoms with E-state index in [1.54, 1.807) is 17.1 Å². The zero-order chi connectivity index (χ0) is 18.3. The summed E-state index contributed by atoms with van der Waals surface area (Å²) in [5.74, 6) is 0.338. The summed E-state index contributed by atoms with van der Waals surface area (Å²) in [6.45, 7) is 4.93. The first-order chi connectivity index (χ1) is 12.6. The number of nitrogens with zero attached hydrogens (tertiary/aromatic N) is 5. The highest BCUT2D eigenvalue weighted by atomic mass is 16.1. The van der Waals surface area contributed by atoms with Crippen molar-refractivity contribution in [1.29, 1.82) is 0 Å². The molecule has 7 heteroatoms. The van der Waals surface area contributed by atoms with Gasteiger partial charge in [0.15, 0.2) is 5.65 Å². The first-order valence-electron chi connectivity index (χ1n) is 9.25. The standard InChI is InChI=1S/C19H24N6O/c1-4-5-8-25-18-17(12(2)23-25)15(9-16(22-18)13-6-7-13)19(26)21-14-10-20-24(3)11-14/h9-11,13H,4-8H2,1-3H3,(H,21,26). The van der Waals surface area contributed by atoms with E-state index in [9.17, 15) is 4.79 Å². The second-order valence-electron chi connectivity index (χ2n) is 7.09. The topological polar surface area (TPSA) is 77.6 Å². The van der Waals surface area contributed by atoms with Gasteiger partial charge in [-0.3, -0.25) is 9.48 Å². The molecule has 3 heterocycles. The number of anilines is 1. The van der Waals surface area contributed by atoms with Gasteiger partial charge in [-0.05, 0) is 32.3 Å². The van der Waals surface area contributed by atoms with Gasteiger partial charge in [0, 0.05) is 31.4 Å². The van der Waals surface area contributed by atoms with E-state index in [-0.39, 0.29) is 5.91 Å². The van der Waals surface area contributed by atoms with Crippen molar-refractivity contribution in [2.45, 2.75) is 52.0 Å². The molecule has 3 aromatic rings. The number of pyridine rings is 1. The first-order valence-corrected chi connectivity index (χ1v) is 9.25. The number of fused-ring (bicyclic) bond motifs is 1. The molecule has 0 radical (unpaired) electrons. The van der Waals surface area contributed by atoms with Crippen LogP contribution in [0.2, 0.25) is 0 Å². The second-order valence-corrected chi connectivity index (χ2v) is 7.09. The lowest BCUT2D eigenvalue weighted by atomic mass is 10.1. The molecule has 136 valence electrons. The van der Waals surface area contributed by atoms with Crippen LogP contribution in [0, 0.1) is 6.92 Å². The summed E-state index contributed by atoms with van der Waals surface area (Å²) in [6.07, 6.45) is 7.86. The summed E-state index contributed by atoms with van der Waals surface area (Å²) in [6, 6.07) is 1.95. The van der Waals surface area contributed by atoms with Crippen molar-refractivity contribution in [3.63, 3.8) is 0 Å². The van der Waals surface area contributed by atoms with E-state index in [2.05, 4.69) is 22.4 Å². The lowest BCUT2D eigenvalue weighted by Crippen LogP contribution is -2.13. The molecule has 1 amide bonds. The van der Waals surface area contributed by atoms with Crippen molar-refractivity contribution in [1.82, 2.24) is 24.5 Å². The molecule has 1 N–H and O–H groups in total. The molecular weight excluding hydrogens is 328 g/mol. The summed E-state index contributed by atoms with van der Waals surface area (Å²) in [4.78, 5) is 17.9. The van der Waals surface area contributed by atoms with E-state index >= 15 is 0 Å². The third-order valence-electron chi connectivity index (χ3n) is 4.82. The van der Waals surface area contributed by atoms with Crippen molar-refractivity contribution in [2.24, 2.45) is 7.05 Å². The van der Waals surface area contributed by atoms with Crippen molar-refractivity contribution in [2.75, 3.05) is 5.32 Å². The second kappa shape index (κ2) is 6.55. The third kappa shape index (κ3) is 3.09. The number of amides is 1. The van der Waals surface area contributed by atoms with Gasteiger partial charge in [-0.2, -0.15) is 10.2 Å². The molecule has 0 aliphatic heterocycles. The quantitative estimate of drug-likeness (QED) is 0.737. The number of aryl methyl sites for hydroxylation is 3. The Hall–Kier alpha value is -2.70. The predicted molar refractivity (Wildman–Crippen MR) is 100 cm³/mol. The zero-order valence-electron chi connectivity index (χ0n) is 15.5. The van der Waals surface area contributed by atoms with Gasteiger partial charge in [0.2, 0.25) is 0 Å². The highest BCUT2D eigenvalue weighted by molar-refractivity contribution is 6.12. The van der Waals surface area contributed by atoms with Crippen molar-refractivity contribution in [3.05, 3.63) is 35.4 Å². The molecule has 4 rings (SSSR count). The van der Waals surface area contributed by atoms with Crippen molar-refractivity contribution in [3.8, 4) is 0 Å². The fourth-order valence-electron chi connectivity index (χ4n) is 3.29. The number of unbranched alkanes of at least 4 members (excludes halogenated alkanes) is 1. The largest absolute Gasteiger partial charge is 0.319 e. The molecule has 3 aromatic heterocycles. The molecule has 1 aliphatic rings. The minimum atomic E-state index is -0.134. The molecule has 0 spiro atoms. The molecule has 0 atom stereocenters. The van der Waals surface area contributed by atoms with E-state index in [0.717, 1.165) is 54.6 Å². The molecule has 0 unspecified atom stereocenters. The lowest BCUT2D eigenvalue weighted by molar-refractivity contribution is 0.102. The first kappa shape index (κ1) is 16.8. The number of aromatic nitrogens is 5. The number of carbonyl (C=O) groups excluding carboxylic acids is 1. The lowest BCUT2D eigenvalue weighted by Gasteiger charge is -2.08. The summed E-state index contributed by atoms with van der Waals surface area (Å²) in [7, 11) is 1.83. The summed E-state index contributed by atoms with van der Waals surface area (Å²) >= 11 is 0. The predicted octanol–water partition coefficient (Wildman–Crippen LogP) is 3.40. The molecule has 1 aliphatic carbocycles. The van der Waals surface area contributed by atoms with Gasteiger partial charge in [-0.25, -0.2) is 9.67 Å². The van der Waals surface area contributed by atoms with E-state index in [1.807, 2.05) is 24.7 Å². The number of hydrogen-bond acceptors (Lipinski definition) is 4. The van der Waals surface area contributed by atoms with E-state index in [0.29, 0.717) is 17.2 Å². The Morgan fingerprint density at radius 3 is 2.85 bits per heavy atom. The third-order valence-corrected chi connectivity index (χ3v) is 4.82. The molecule has 0 aromatic carbocycles. The van der Waals surface area contributed by atoms with Gasteiger partial charge >= 0.3 is 0 Å².